The van der Waals surface area contributed by atoms with Crippen molar-refractivity contribution < 1.29 is 0 Å². The third-order valence-corrected chi connectivity index (χ3v) is 4.14. The molecule has 1 unspecified atom stereocenters. The molecule has 0 fully saturated rings. The Kier molecular flexibility index (Phi) is 5.62. The molecular weight excluding hydrogens is 377 g/mol. The van der Waals surface area contributed by atoms with E-state index >= 15 is 0 Å². The van der Waals surface area contributed by atoms with E-state index in [1.807, 2.05) is 18.8 Å². The van der Waals surface area contributed by atoms with Crippen molar-refractivity contribution in [3.8, 4) is 0 Å². The van der Waals surface area contributed by atoms with E-state index in [1.165, 1.54) is 6.20 Å². The smallest absolute Gasteiger partial charge is 0.0923 e. The largest absolute Gasteiger partial charge is 0.318 e. The summed E-state index contributed by atoms with van der Waals surface area (Å²) in [6.45, 7) is 1.59. The minimum Gasteiger partial charge on any atom is -0.318 e. The highest BCUT2D eigenvalue weighted by Crippen LogP contribution is 2.30. The van der Waals surface area contributed by atoms with E-state index in [0.29, 0.717) is 15.7 Å². The van der Waals surface area contributed by atoms with Crippen LogP contribution in [0.25, 0.3) is 0 Å². The molecule has 0 radical (unpaired) electrons. The van der Waals surface area contributed by atoms with Crippen LogP contribution in [0, 0.1) is 0 Å². The normalized spacial score (nSPS) is 12.9. The number of likely N-dealkylation sites (N-methyl/N-ethyl adjacent to an activating group) is 1. The second kappa shape index (κ2) is 7.07. The Morgan fingerprint density at radius 1 is 1.38 bits per heavy atom. The van der Waals surface area contributed by atoms with Crippen LogP contribution in [0.4, 0.5) is 0 Å². The summed E-state index contributed by atoms with van der Waals surface area (Å²) < 4.78 is 2.70. The van der Waals surface area contributed by atoms with E-state index in [2.05, 4.69) is 30.9 Å². The maximum atomic E-state index is 6.33. The van der Waals surface area contributed by atoms with Crippen LogP contribution in [0.3, 0.4) is 0 Å². The molecule has 0 aliphatic heterocycles. The van der Waals surface area contributed by atoms with Gasteiger partial charge in [-0.25, -0.2) is 0 Å². The number of hydrogen-bond acceptors (Lipinski definition) is 4. The molecule has 2 rings (SSSR count). The number of pyridine rings is 1. The van der Waals surface area contributed by atoms with Gasteiger partial charge in [0.05, 0.1) is 44.7 Å². The number of halogens is 3. The summed E-state index contributed by atoms with van der Waals surface area (Å²) in [5.41, 5.74) is 7.74. The summed E-state index contributed by atoms with van der Waals surface area (Å²) in [6.07, 6.45) is 3.27. The van der Waals surface area contributed by atoms with Crippen LogP contribution < -0.4 is 5.73 Å². The summed E-state index contributed by atoms with van der Waals surface area (Å²) in [5.74, 6) is 0. The maximum absolute atomic E-state index is 6.33. The van der Waals surface area contributed by atoms with Crippen LogP contribution in [0.5, 0.6) is 0 Å². The van der Waals surface area contributed by atoms with Crippen LogP contribution in [0.15, 0.2) is 22.9 Å². The first kappa shape index (κ1) is 16.7. The fourth-order valence-electron chi connectivity index (χ4n) is 1.94. The lowest BCUT2D eigenvalue weighted by molar-refractivity contribution is 0.367. The van der Waals surface area contributed by atoms with Gasteiger partial charge in [0, 0.05) is 12.7 Å². The number of hydrogen-bond donors (Lipinski definition) is 1. The lowest BCUT2D eigenvalue weighted by Gasteiger charge is -2.17. The fraction of sp³-hybridized carbons (Fsp3) is 0.385. The van der Waals surface area contributed by atoms with Crippen molar-refractivity contribution in [1.29, 1.82) is 0 Å². The Bertz CT molecular complexity index is 629. The Labute approximate surface area is 142 Å². The molecule has 0 saturated heterocycles. The third-order valence-electron chi connectivity index (χ3n) is 3.02. The van der Waals surface area contributed by atoms with Crippen LogP contribution in [-0.4, -0.2) is 40.3 Å². The van der Waals surface area contributed by atoms with E-state index in [4.69, 9.17) is 28.9 Å². The van der Waals surface area contributed by atoms with Crippen molar-refractivity contribution >= 4 is 39.1 Å². The van der Waals surface area contributed by atoms with Gasteiger partial charge >= 0.3 is 0 Å². The van der Waals surface area contributed by atoms with Crippen LogP contribution in [0.1, 0.15) is 17.4 Å². The molecule has 2 aromatic rings. The van der Waals surface area contributed by atoms with Crippen LogP contribution in [-0.2, 0) is 6.54 Å². The minimum absolute atomic E-state index is 0.447. The lowest BCUT2D eigenvalue weighted by atomic mass is 10.1. The quantitative estimate of drug-likeness (QED) is 0.849. The van der Waals surface area contributed by atoms with Crippen molar-refractivity contribution in [3.05, 3.63) is 44.4 Å². The Morgan fingerprint density at radius 2 is 2.10 bits per heavy atom. The van der Waals surface area contributed by atoms with E-state index in [9.17, 15) is 0 Å². The second-order valence-electron chi connectivity index (χ2n) is 4.90. The summed E-state index contributed by atoms with van der Waals surface area (Å²) in [4.78, 5) is 6.33. The van der Waals surface area contributed by atoms with E-state index in [0.717, 1.165) is 23.3 Å². The molecule has 0 saturated carbocycles. The molecule has 0 aromatic carbocycles. The molecule has 1 atom stereocenters. The molecule has 0 amide bonds. The predicted octanol–water partition coefficient (Wildman–Crippen LogP) is 2.96. The monoisotopic (exact) mass is 391 g/mol. The van der Waals surface area contributed by atoms with Gasteiger partial charge in [0.1, 0.15) is 0 Å². The molecule has 5 nitrogen and oxygen atoms in total. The van der Waals surface area contributed by atoms with Gasteiger partial charge in [0.25, 0.3) is 0 Å². The van der Waals surface area contributed by atoms with Crippen molar-refractivity contribution in [3.63, 3.8) is 0 Å². The summed E-state index contributed by atoms with van der Waals surface area (Å²) in [5, 5.41) is 5.28. The highest BCUT2D eigenvalue weighted by Gasteiger charge is 2.22. The average molecular weight is 393 g/mol. The highest BCUT2D eigenvalue weighted by atomic mass is 79.9. The molecule has 114 valence electrons. The van der Waals surface area contributed by atoms with Crippen LogP contribution >= 0.6 is 39.1 Å². The molecule has 21 heavy (non-hydrogen) atoms. The number of nitrogens with zero attached hydrogens (tertiary/aromatic N) is 4. The maximum Gasteiger partial charge on any atom is 0.0923 e. The van der Waals surface area contributed by atoms with Gasteiger partial charge in [0.2, 0.25) is 0 Å². The molecule has 0 bridgehead atoms. The van der Waals surface area contributed by atoms with Gasteiger partial charge in [-0.15, -0.1) is 0 Å². The zero-order valence-electron chi connectivity index (χ0n) is 11.7. The van der Waals surface area contributed by atoms with Crippen molar-refractivity contribution in [2.45, 2.75) is 12.6 Å². The zero-order chi connectivity index (χ0) is 15.6. The highest BCUT2D eigenvalue weighted by molar-refractivity contribution is 9.10. The van der Waals surface area contributed by atoms with Gasteiger partial charge in [-0.3, -0.25) is 9.67 Å². The molecule has 0 aliphatic carbocycles. The van der Waals surface area contributed by atoms with Gasteiger partial charge in [-0.05, 0) is 36.1 Å². The molecular formula is C13H16BrCl2N5. The lowest BCUT2D eigenvalue weighted by Crippen LogP contribution is -2.24. The second-order valence-corrected chi connectivity index (χ2v) is 6.60. The molecule has 2 N–H and O–H groups in total. The number of nitrogens with two attached hydrogens (primary N) is 1. The van der Waals surface area contributed by atoms with Gasteiger partial charge in [-0.2, -0.15) is 5.10 Å². The Morgan fingerprint density at radius 3 is 2.71 bits per heavy atom. The molecule has 0 spiro atoms. The molecule has 2 aromatic heterocycles. The summed E-state index contributed by atoms with van der Waals surface area (Å²) >= 11 is 15.6. The molecule has 2 heterocycles. The topological polar surface area (TPSA) is 60.0 Å². The Hall–Kier alpha value is -0.660. The van der Waals surface area contributed by atoms with Crippen LogP contribution in [0.2, 0.25) is 10.0 Å². The Balaban J connectivity index is 2.34. The number of aromatic nitrogens is 3. The number of rotatable bonds is 5. The standard InChI is InChI=1S/C13H16BrCl2N5/c1-20(2)3-4-21-13(9(14)7-19-21)11(17)12-10(16)5-8(15)6-18-12/h5-7,11H,3-4,17H2,1-2H3. The molecule has 8 heteroatoms. The first-order valence-corrected chi connectivity index (χ1v) is 7.87. The van der Waals surface area contributed by atoms with Crippen molar-refractivity contribution in [1.82, 2.24) is 19.7 Å². The third kappa shape index (κ3) is 3.96. The first-order valence-electron chi connectivity index (χ1n) is 6.32. The zero-order valence-corrected chi connectivity index (χ0v) is 14.8. The van der Waals surface area contributed by atoms with Crippen molar-refractivity contribution in [2.24, 2.45) is 5.73 Å². The summed E-state index contributed by atoms with van der Waals surface area (Å²) in [6, 6.07) is 1.16. The van der Waals surface area contributed by atoms with Crippen molar-refractivity contribution in [2.75, 3.05) is 20.6 Å². The van der Waals surface area contributed by atoms with E-state index < -0.39 is 6.04 Å². The van der Waals surface area contributed by atoms with E-state index in [-0.39, 0.29) is 0 Å². The van der Waals surface area contributed by atoms with Gasteiger partial charge in [0.15, 0.2) is 0 Å². The summed E-state index contributed by atoms with van der Waals surface area (Å²) in [7, 11) is 4.02. The average Bonchev–Trinajstić information content (AvgIpc) is 2.77. The minimum atomic E-state index is -0.478. The SMILES string of the molecule is CN(C)CCn1ncc(Br)c1C(N)c1ncc(Cl)cc1Cl. The fourth-order valence-corrected chi connectivity index (χ4v) is 2.98. The molecule has 0 aliphatic rings. The van der Waals surface area contributed by atoms with Gasteiger partial charge < -0.3 is 10.6 Å². The predicted molar refractivity (Wildman–Crippen MR) is 88.8 cm³/mol. The van der Waals surface area contributed by atoms with E-state index in [1.54, 1.807) is 12.3 Å². The first-order chi connectivity index (χ1) is 9.90. The van der Waals surface area contributed by atoms with Gasteiger partial charge in [-0.1, -0.05) is 23.2 Å².